The van der Waals surface area contributed by atoms with E-state index >= 15 is 0 Å². The Morgan fingerprint density at radius 3 is 2.59 bits per heavy atom. The van der Waals surface area contributed by atoms with Crippen LogP contribution in [0.5, 0.6) is 0 Å². The molecule has 17 heavy (non-hydrogen) atoms. The Kier molecular flexibility index (Phi) is 3.76. The van der Waals surface area contributed by atoms with Gasteiger partial charge in [0.25, 0.3) is 0 Å². The fraction of sp³-hybridized carbons (Fsp3) is 0.267. The molecule has 0 aromatic heterocycles. The zero-order valence-electron chi connectivity index (χ0n) is 9.98. The van der Waals surface area contributed by atoms with Crippen molar-refractivity contribution in [2.75, 3.05) is 6.61 Å². The molecule has 0 spiro atoms. The zero-order chi connectivity index (χ0) is 12.1. The van der Waals surface area contributed by atoms with Gasteiger partial charge in [-0.15, -0.1) is 0 Å². The second kappa shape index (κ2) is 5.48. The monoisotopic (exact) mass is 228 g/mol. The largest absolute Gasteiger partial charge is 0.462 e. The second-order valence-electron chi connectivity index (χ2n) is 4.05. The van der Waals surface area contributed by atoms with Crippen molar-refractivity contribution >= 4 is 5.97 Å². The zero-order valence-corrected chi connectivity index (χ0v) is 9.98. The van der Waals surface area contributed by atoms with E-state index in [-0.39, 0.29) is 5.97 Å². The van der Waals surface area contributed by atoms with Crippen LogP contribution in [-0.2, 0) is 4.74 Å². The summed E-state index contributed by atoms with van der Waals surface area (Å²) in [6.07, 6.45) is 1.94. The molecule has 2 aliphatic rings. The van der Waals surface area contributed by atoms with Crippen molar-refractivity contribution in [2.24, 2.45) is 0 Å². The highest BCUT2D eigenvalue weighted by molar-refractivity contribution is 5.91. The normalized spacial score (nSPS) is 10.4. The Hall–Kier alpha value is -1.83. The summed E-state index contributed by atoms with van der Waals surface area (Å²) >= 11 is 0. The highest BCUT2D eigenvalue weighted by atomic mass is 16.5. The van der Waals surface area contributed by atoms with E-state index in [0.29, 0.717) is 12.2 Å². The molecule has 0 N–H and O–H groups in total. The number of unbranched alkanes of at least 4 members (excludes halogenated alkanes) is 1. The lowest BCUT2D eigenvalue weighted by Gasteiger charge is -2.02. The summed E-state index contributed by atoms with van der Waals surface area (Å²) in [5, 5.41) is 0. The maximum Gasteiger partial charge on any atom is 0.338 e. The third-order valence-electron chi connectivity index (χ3n) is 2.71. The Morgan fingerprint density at radius 2 is 1.82 bits per heavy atom. The topological polar surface area (TPSA) is 26.3 Å². The van der Waals surface area contributed by atoms with Crippen molar-refractivity contribution in [2.45, 2.75) is 19.8 Å². The number of carbonyl (C=O) groups is 1. The maximum absolute atomic E-state index is 11.8. The average Bonchev–Trinajstić information content (AvgIpc) is 2.66. The first kappa shape index (κ1) is 11.6. The van der Waals surface area contributed by atoms with Crippen molar-refractivity contribution in [1.82, 2.24) is 0 Å². The number of fused-ring (bicyclic) bond motifs is 1. The van der Waals surface area contributed by atoms with Crippen molar-refractivity contribution in [3.8, 4) is 11.1 Å². The Labute approximate surface area is 102 Å². The van der Waals surface area contributed by atoms with Gasteiger partial charge in [0.05, 0.1) is 12.2 Å². The second-order valence-corrected chi connectivity index (χ2v) is 4.05. The van der Waals surface area contributed by atoms with E-state index in [1.54, 1.807) is 6.07 Å². The van der Waals surface area contributed by atoms with Gasteiger partial charge in [0, 0.05) is 0 Å². The minimum atomic E-state index is -0.239. The third-order valence-corrected chi connectivity index (χ3v) is 2.71. The van der Waals surface area contributed by atoms with Gasteiger partial charge < -0.3 is 4.74 Å². The van der Waals surface area contributed by atoms with Gasteiger partial charge in [-0.25, -0.2) is 4.79 Å². The van der Waals surface area contributed by atoms with Crippen LogP contribution in [0.1, 0.15) is 30.1 Å². The van der Waals surface area contributed by atoms with Crippen LogP contribution in [0, 0.1) is 0 Å². The van der Waals surface area contributed by atoms with Crippen LogP contribution in [0.4, 0.5) is 0 Å². The van der Waals surface area contributed by atoms with Gasteiger partial charge in [0.1, 0.15) is 0 Å². The molecule has 2 nitrogen and oxygen atoms in total. The number of rotatable bonds is 4. The van der Waals surface area contributed by atoms with Crippen molar-refractivity contribution in [1.29, 1.82) is 0 Å². The molecule has 0 unspecified atom stereocenters. The molecule has 0 radical (unpaired) electrons. The van der Waals surface area contributed by atoms with Gasteiger partial charge in [-0.1, -0.05) is 43.7 Å². The van der Waals surface area contributed by atoms with Crippen LogP contribution in [0.2, 0.25) is 0 Å². The van der Waals surface area contributed by atoms with Crippen LogP contribution in [0.3, 0.4) is 0 Å². The molecule has 88 valence electrons. The van der Waals surface area contributed by atoms with Crippen LogP contribution >= 0.6 is 0 Å². The quantitative estimate of drug-likeness (QED) is 0.588. The summed E-state index contributed by atoms with van der Waals surface area (Å²) in [7, 11) is 0. The lowest BCUT2D eigenvalue weighted by Crippen LogP contribution is -2.05. The van der Waals surface area contributed by atoms with Gasteiger partial charge in [0.15, 0.2) is 0 Å². The molecule has 0 bridgehead atoms. The van der Waals surface area contributed by atoms with Crippen LogP contribution in [-0.4, -0.2) is 12.6 Å². The van der Waals surface area contributed by atoms with Crippen molar-refractivity contribution in [3.05, 3.63) is 48.0 Å². The summed E-state index contributed by atoms with van der Waals surface area (Å²) in [5.41, 5.74) is 2.82. The van der Waals surface area contributed by atoms with E-state index in [2.05, 4.69) is 6.92 Å². The van der Waals surface area contributed by atoms with E-state index in [9.17, 15) is 4.79 Å². The lowest BCUT2D eigenvalue weighted by molar-refractivity contribution is 0.0500. The lowest BCUT2D eigenvalue weighted by atomic mass is 10.2. The van der Waals surface area contributed by atoms with Crippen LogP contribution in [0.15, 0.2) is 42.5 Å². The minimum Gasteiger partial charge on any atom is -0.462 e. The summed E-state index contributed by atoms with van der Waals surface area (Å²) in [4.78, 5) is 11.8. The summed E-state index contributed by atoms with van der Waals surface area (Å²) in [5.74, 6) is -0.239. The molecule has 0 saturated heterocycles. The Morgan fingerprint density at radius 1 is 1.12 bits per heavy atom. The average molecular weight is 228 g/mol. The maximum atomic E-state index is 11.8. The predicted molar refractivity (Wildman–Crippen MR) is 68.3 cm³/mol. The van der Waals surface area contributed by atoms with E-state index in [4.69, 9.17) is 4.74 Å². The molecule has 0 aliphatic heterocycles. The molecule has 0 fully saturated rings. The molecular formula is C15H16O2. The SMILES string of the molecule is CCCCOC(=O)c1cccc2cccc-2c1. The molecule has 0 amide bonds. The first-order valence-corrected chi connectivity index (χ1v) is 5.97. The van der Waals surface area contributed by atoms with E-state index in [0.717, 1.165) is 24.0 Å². The van der Waals surface area contributed by atoms with Crippen LogP contribution < -0.4 is 0 Å². The van der Waals surface area contributed by atoms with E-state index in [1.165, 1.54) is 0 Å². The number of hydrogen-bond donors (Lipinski definition) is 0. The number of hydrogen-bond acceptors (Lipinski definition) is 2. The summed E-state index contributed by atoms with van der Waals surface area (Å²) in [6.45, 7) is 2.57. The first-order valence-electron chi connectivity index (χ1n) is 5.97. The number of ether oxygens (including phenoxy) is 1. The van der Waals surface area contributed by atoms with E-state index < -0.39 is 0 Å². The smallest absolute Gasteiger partial charge is 0.338 e. The Bertz CT molecular complexity index is 476. The molecule has 2 rings (SSSR count). The highest BCUT2D eigenvalue weighted by Gasteiger charge is 2.08. The highest BCUT2D eigenvalue weighted by Crippen LogP contribution is 2.22. The molecular weight excluding hydrogens is 212 g/mol. The van der Waals surface area contributed by atoms with Gasteiger partial charge in [-0.05, 0) is 29.7 Å². The van der Waals surface area contributed by atoms with Crippen LogP contribution in [0.25, 0.3) is 11.1 Å². The van der Waals surface area contributed by atoms with E-state index in [1.807, 2.05) is 36.4 Å². The number of carbonyl (C=O) groups excluding carboxylic acids is 1. The number of esters is 1. The molecule has 0 atom stereocenters. The van der Waals surface area contributed by atoms with Crippen molar-refractivity contribution < 1.29 is 9.53 Å². The molecule has 0 aromatic carbocycles. The predicted octanol–water partition coefficient (Wildman–Crippen LogP) is 3.75. The Balaban J connectivity index is 2.15. The van der Waals surface area contributed by atoms with Gasteiger partial charge in [-0.3, -0.25) is 0 Å². The molecule has 0 aromatic rings. The molecule has 0 saturated carbocycles. The standard InChI is InChI=1S/C15H16O2/c1-2-3-10-17-15(16)14-9-5-7-12-6-4-8-13(12)11-14/h4-9,11H,2-3,10H2,1H3. The van der Waals surface area contributed by atoms with Gasteiger partial charge >= 0.3 is 5.97 Å². The fourth-order valence-electron chi connectivity index (χ4n) is 1.72. The summed E-state index contributed by atoms with van der Waals surface area (Å²) < 4.78 is 5.20. The van der Waals surface area contributed by atoms with Gasteiger partial charge in [-0.2, -0.15) is 0 Å². The fourth-order valence-corrected chi connectivity index (χ4v) is 1.72. The molecule has 2 heteroatoms. The first-order chi connectivity index (χ1) is 8.31. The third kappa shape index (κ3) is 2.84. The molecule has 2 aliphatic carbocycles. The molecule has 0 heterocycles. The minimum absolute atomic E-state index is 0.239. The summed E-state index contributed by atoms with van der Waals surface area (Å²) in [6, 6.07) is 13.6. The van der Waals surface area contributed by atoms with Crippen molar-refractivity contribution in [3.63, 3.8) is 0 Å². The van der Waals surface area contributed by atoms with Gasteiger partial charge in [0.2, 0.25) is 0 Å².